The van der Waals surface area contributed by atoms with Crippen molar-refractivity contribution in [3.8, 4) is 5.88 Å². The van der Waals surface area contributed by atoms with Crippen LogP contribution in [0.25, 0.3) is 17.7 Å². The molecule has 0 saturated heterocycles. The summed E-state index contributed by atoms with van der Waals surface area (Å²) in [6.45, 7) is 0.793. The van der Waals surface area contributed by atoms with Gasteiger partial charge in [-0.1, -0.05) is 36.8 Å². The Kier molecular flexibility index (Phi) is 3.37. The minimum absolute atomic E-state index is 0.0497. The minimum Gasteiger partial charge on any atom is -0.493 e. The highest BCUT2D eigenvalue weighted by Crippen LogP contribution is 2.31. The topological polar surface area (TPSA) is 55.1 Å². The molecule has 0 radical (unpaired) electrons. The van der Waals surface area contributed by atoms with E-state index in [0.717, 1.165) is 49.2 Å². The van der Waals surface area contributed by atoms with Crippen LogP contribution in [0.5, 0.6) is 5.88 Å². The molecule has 1 aliphatic carbocycles. The zero-order chi connectivity index (χ0) is 15.8. The number of rotatable bonds is 1. The van der Waals surface area contributed by atoms with Crippen molar-refractivity contribution in [1.29, 1.82) is 0 Å². The van der Waals surface area contributed by atoms with Gasteiger partial charge in [-0.15, -0.1) is 0 Å². The average molecular weight is 306 g/mol. The van der Waals surface area contributed by atoms with Gasteiger partial charge in [-0.25, -0.2) is 4.98 Å². The summed E-state index contributed by atoms with van der Waals surface area (Å²) in [5, 5.41) is 10.5. The number of benzene rings is 1. The molecule has 4 heteroatoms. The molecular weight excluding hydrogens is 288 g/mol. The van der Waals surface area contributed by atoms with E-state index in [4.69, 9.17) is 0 Å². The van der Waals surface area contributed by atoms with E-state index in [1.54, 1.807) is 12.2 Å². The van der Waals surface area contributed by atoms with Gasteiger partial charge in [0.1, 0.15) is 11.5 Å². The summed E-state index contributed by atoms with van der Waals surface area (Å²) in [6, 6.07) is 7.78. The lowest BCUT2D eigenvalue weighted by Crippen LogP contribution is -2.04. The third kappa shape index (κ3) is 2.40. The van der Waals surface area contributed by atoms with Crippen molar-refractivity contribution >= 4 is 23.5 Å². The van der Waals surface area contributed by atoms with Crippen molar-refractivity contribution in [3.63, 3.8) is 0 Å². The largest absolute Gasteiger partial charge is 0.493 e. The lowest BCUT2D eigenvalue weighted by Gasteiger charge is -2.12. The first-order valence-corrected chi connectivity index (χ1v) is 8.06. The number of allylic oxidation sites excluding steroid dienone is 2. The van der Waals surface area contributed by atoms with Crippen LogP contribution in [0, 0.1) is 0 Å². The molecule has 1 aromatic carbocycles. The second-order valence-electron chi connectivity index (χ2n) is 6.04. The number of aromatic hydroxyl groups is 1. The van der Waals surface area contributed by atoms with E-state index in [1.165, 1.54) is 0 Å². The van der Waals surface area contributed by atoms with Gasteiger partial charge in [0.25, 0.3) is 0 Å². The van der Waals surface area contributed by atoms with E-state index >= 15 is 0 Å². The number of imidazole rings is 1. The van der Waals surface area contributed by atoms with Crippen LogP contribution in [0.3, 0.4) is 0 Å². The number of ketones is 1. The summed E-state index contributed by atoms with van der Waals surface area (Å²) in [4.78, 5) is 16.9. The Bertz CT molecular complexity index is 843. The Balaban J connectivity index is 1.82. The fraction of sp³-hybridized carbons (Fsp3) is 0.263. The van der Waals surface area contributed by atoms with Crippen molar-refractivity contribution in [3.05, 3.63) is 53.0 Å². The quantitative estimate of drug-likeness (QED) is 0.821. The van der Waals surface area contributed by atoms with E-state index < -0.39 is 0 Å². The summed E-state index contributed by atoms with van der Waals surface area (Å²) >= 11 is 0. The molecule has 116 valence electrons. The number of carbonyl (C=O) groups excluding carboxylic acids is 1. The van der Waals surface area contributed by atoms with Gasteiger partial charge in [0.15, 0.2) is 5.78 Å². The number of hydrogen-bond acceptors (Lipinski definition) is 3. The Labute approximate surface area is 134 Å². The van der Waals surface area contributed by atoms with Crippen LogP contribution >= 0.6 is 0 Å². The van der Waals surface area contributed by atoms with Crippen molar-refractivity contribution in [2.24, 2.45) is 0 Å². The first-order valence-electron chi connectivity index (χ1n) is 8.06. The zero-order valence-electron chi connectivity index (χ0n) is 12.8. The molecule has 2 heterocycles. The van der Waals surface area contributed by atoms with Gasteiger partial charge >= 0.3 is 0 Å². The van der Waals surface area contributed by atoms with E-state index in [9.17, 15) is 9.90 Å². The molecule has 4 nitrogen and oxygen atoms in total. The summed E-state index contributed by atoms with van der Waals surface area (Å²) in [5.74, 6) is 1.04. The van der Waals surface area contributed by atoms with E-state index in [-0.39, 0.29) is 11.7 Å². The minimum atomic E-state index is -0.0497. The molecule has 1 aliphatic heterocycles. The van der Waals surface area contributed by atoms with Gasteiger partial charge in [0, 0.05) is 18.5 Å². The lowest BCUT2D eigenvalue weighted by molar-refractivity contribution is -0.109. The first kappa shape index (κ1) is 14.0. The summed E-state index contributed by atoms with van der Waals surface area (Å²) < 4.78 is 1.88. The monoisotopic (exact) mass is 306 g/mol. The van der Waals surface area contributed by atoms with E-state index in [0.29, 0.717) is 11.3 Å². The average Bonchev–Trinajstić information content (AvgIpc) is 2.75. The molecule has 1 N–H and O–H groups in total. The second-order valence-corrected chi connectivity index (χ2v) is 6.04. The van der Waals surface area contributed by atoms with Crippen molar-refractivity contribution in [2.45, 2.75) is 32.2 Å². The molecule has 2 aliphatic rings. The first-order chi connectivity index (χ1) is 11.2. The predicted octanol–water partition coefficient (Wildman–Crippen LogP) is 3.45. The number of fused-ring (bicyclic) bond motifs is 2. The molecule has 0 atom stereocenters. The number of hydrogen-bond donors (Lipinski definition) is 1. The fourth-order valence-corrected chi connectivity index (χ4v) is 3.32. The van der Waals surface area contributed by atoms with Gasteiger partial charge < -0.3 is 5.11 Å². The number of carbonyl (C=O) groups is 1. The molecule has 4 rings (SSSR count). The van der Waals surface area contributed by atoms with Crippen LogP contribution in [0.4, 0.5) is 0 Å². The predicted molar refractivity (Wildman–Crippen MR) is 89.8 cm³/mol. The Morgan fingerprint density at radius 3 is 2.91 bits per heavy atom. The Morgan fingerprint density at radius 1 is 1.13 bits per heavy atom. The molecule has 0 amide bonds. The van der Waals surface area contributed by atoms with Crippen LogP contribution in [-0.4, -0.2) is 20.4 Å². The van der Waals surface area contributed by atoms with Crippen LogP contribution in [0.1, 0.15) is 41.9 Å². The maximum absolute atomic E-state index is 12.3. The van der Waals surface area contributed by atoms with E-state index in [2.05, 4.69) is 4.98 Å². The third-order valence-electron chi connectivity index (χ3n) is 4.54. The third-order valence-corrected chi connectivity index (χ3v) is 4.54. The Hall–Kier alpha value is -2.62. The normalized spacial score (nSPS) is 18.6. The number of nitrogens with zero attached hydrogens (tertiary/aromatic N) is 2. The number of aromatic nitrogens is 2. The molecule has 1 aromatic heterocycles. The van der Waals surface area contributed by atoms with Crippen molar-refractivity contribution < 1.29 is 9.90 Å². The van der Waals surface area contributed by atoms with Gasteiger partial charge in [-0.05, 0) is 36.1 Å². The summed E-state index contributed by atoms with van der Waals surface area (Å²) in [5.41, 5.74) is 2.99. The smallest absolute Gasteiger partial charge is 0.219 e. The van der Waals surface area contributed by atoms with Crippen LogP contribution in [-0.2, 0) is 17.8 Å². The summed E-state index contributed by atoms with van der Waals surface area (Å²) in [7, 11) is 0. The zero-order valence-corrected chi connectivity index (χ0v) is 12.8. The molecule has 0 saturated carbocycles. The molecule has 23 heavy (non-hydrogen) atoms. The molecule has 0 bridgehead atoms. The van der Waals surface area contributed by atoms with Crippen molar-refractivity contribution in [2.75, 3.05) is 0 Å². The molecule has 0 unspecified atom stereocenters. The highest BCUT2D eigenvalue weighted by molar-refractivity contribution is 6.33. The Morgan fingerprint density at radius 2 is 2.00 bits per heavy atom. The maximum atomic E-state index is 12.3. The van der Waals surface area contributed by atoms with Crippen LogP contribution in [0.2, 0.25) is 0 Å². The molecule has 0 spiro atoms. The van der Waals surface area contributed by atoms with Crippen LogP contribution < -0.4 is 0 Å². The molecular formula is C19H18N2O2. The SMILES string of the molecule is O=C1C=Cc2ccccc2/C1=C\c1nc2n(c1O)CCCCC2. The highest BCUT2D eigenvalue weighted by Gasteiger charge is 2.21. The van der Waals surface area contributed by atoms with E-state index in [1.807, 2.05) is 34.9 Å². The van der Waals surface area contributed by atoms with Crippen molar-refractivity contribution in [1.82, 2.24) is 9.55 Å². The molecule has 0 fully saturated rings. The lowest BCUT2D eigenvalue weighted by atomic mass is 9.91. The standard InChI is InChI=1S/C19H18N2O2/c22-17-10-9-13-6-3-4-7-14(13)15(17)12-16-19(23)21-11-5-1-2-8-18(21)20-16/h3-4,6-7,9-10,12,23H,1-2,5,8,11H2/b15-12+. The summed E-state index contributed by atoms with van der Waals surface area (Å²) in [6.07, 6.45) is 9.32. The fourth-order valence-electron chi connectivity index (χ4n) is 3.32. The van der Waals surface area contributed by atoms with Gasteiger partial charge in [0.2, 0.25) is 5.88 Å². The van der Waals surface area contributed by atoms with Gasteiger partial charge in [-0.2, -0.15) is 0 Å². The molecule has 2 aromatic rings. The highest BCUT2D eigenvalue weighted by atomic mass is 16.3. The van der Waals surface area contributed by atoms with Crippen LogP contribution in [0.15, 0.2) is 30.3 Å². The second kappa shape index (κ2) is 5.54. The van der Waals surface area contributed by atoms with Gasteiger partial charge in [-0.3, -0.25) is 9.36 Å². The number of aryl methyl sites for hydroxylation is 1. The maximum Gasteiger partial charge on any atom is 0.219 e. The van der Waals surface area contributed by atoms with Gasteiger partial charge in [0.05, 0.1) is 0 Å².